The van der Waals surface area contributed by atoms with Crippen LogP contribution in [0.5, 0.6) is 0 Å². The lowest BCUT2D eigenvalue weighted by Crippen LogP contribution is -2.54. The van der Waals surface area contributed by atoms with E-state index in [2.05, 4.69) is 19.6 Å². The first-order valence-corrected chi connectivity index (χ1v) is 10.9. The summed E-state index contributed by atoms with van der Waals surface area (Å²) >= 11 is 0. The van der Waals surface area contributed by atoms with Crippen molar-refractivity contribution in [3.05, 3.63) is 0 Å². The molecule has 0 saturated heterocycles. The third kappa shape index (κ3) is 2.20. The molecule has 0 N–H and O–H groups in total. The first kappa shape index (κ1) is 12.9. The number of hydrogen-bond donors (Lipinski definition) is 0. The smallest absolute Gasteiger partial charge is 0.184 e. The van der Waals surface area contributed by atoms with Crippen LogP contribution in [-0.2, 0) is 9.22 Å². The van der Waals surface area contributed by atoms with Crippen LogP contribution in [0, 0.1) is 23.2 Å². The van der Waals surface area contributed by atoms with Gasteiger partial charge in [-0.2, -0.15) is 0 Å². The molecule has 0 aromatic carbocycles. The van der Waals surface area contributed by atoms with Gasteiger partial charge in [0.2, 0.25) is 0 Å². The predicted octanol–water partition coefficient (Wildman–Crippen LogP) is 3.62. The second-order valence-electron chi connectivity index (χ2n) is 8.07. The van der Waals surface area contributed by atoms with E-state index in [0.717, 1.165) is 24.0 Å². The second-order valence-corrected chi connectivity index (χ2v) is 12.5. The Morgan fingerprint density at radius 3 is 1.83 bits per heavy atom. The van der Waals surface area contributed by atoms with Crippen LogP contribution < -0.4 is 0 Å². The third-order valence-corrected chi connectivity index (χ3v) is 6.25. The highest BCUT2D eigenvalue weighted by Crippen LogP contribution is 2.61. The zero-order valence-corrected chi connectivity index (χ0v) is 12.9. The Kier molecular flexibility index (Phi) is 2.98. The van der Waals surface area contributed by atoms with Crippen LogP contribution in [0.15, 0.2) is 0 Å². The fourth-order valence-corrected chi connectivity index (χ4v) is 6.27. The van der Waals surface area contributed by atoms with Crippen molar-refractivity contribution in [1.29, 1.82) is 0 Å². The van der Waals surface area contributed by atoms with Crippen molar-refractivity contribution in [2.24, 2.45) is 23.2 Å². The highest BCUT2D eigenvalue weighted by Gasteiger charge is 2.55. The molecule has 0 aliphatic heterocycles. The minimum atomic E-state index is -1.62. The maximum atomic E-state index is 11.6. The Balaban J connectivity index is 1.83. The van der Waals surface area contributed by atoms with Crippen molar-refractivity contribution < 1.29 is 9.22 Å². The van der Waals surface area contributed by atoms with Crippen LogP contribution in [0.2, 0.25) is 19.6 Å². The molecule has 0 radical (unpaired) electrons. The third-order valence-electron chi connectivity index (χ3n) is 5.29. The SMILES string of the molecule is C[Si](C)(C)O[C@H](C=O)C12CC3CC(CC(C3)C1)C2. The Bertz CT molecular complexity index is 310. The summed E-state index contributed by atoms with van der Waals surface area (Å²) in [6.45, 7) is 6.60. The van der Waals surface area contributed by atoms with E-state index in [0.29, 0.717) is 0 Å². The number of aldehydes is 1. The highest BCUT2D eigenvalue weighted by molar-refractivity contribution is 6.69. The lowest BCUT2D eigenvalue weighted by Gasteiger charge is -2.58. The number of carbonyl (C=O) groups excluding carboxylic acids is 1. The standard InChI is InChI=1S/C15H26O2Si/c1-18(2,3)17-14(10-16)15-7-11-4-12(8-15)6-13(5-11)9-15/h10-14H,4-9H2,1-3H3/t11?,12?,13?,14-,15?/m1/s1. The van der Waals surface area contributed by atoms with E-state index in [-0.39, 0.29) is 11.5 Å². The van der Waals surface area contributed by atoms with Gasteiger partial charge in [0.1, 0.15) is 12.4 Å². The first-order valence-electron chi connectivity index (χ1n) is 7.53. The number of carbonyl (C=O) groups is 1. The van der Waals surface area contributed by atoms with Crippen molar-refractivity contribution in [2.75, 3.05) is 0 Å². The van der Waals surface area contributed by atoms with Gasteiger partial charge >= 0.3 is 0 Å². The summed E-state index contributed by atoms with van der Waals surface area (Å²) in [7, 11) is -1.62. The van der Waals surface area contributed by atoms with Gasteiger partial charge < -0.3 is 9.22 Å². The van der Waals surface area contributed by atoms with Gasteiger partial charge in [-0.15, -0.1) is 0 Å². The van der Waals surface area contributed by atoms with Gasteiger partial charge in [0.15, 0.2) is 8.32 Å². The molecule has 0 unspecified atom stereocenters. The van der Waals surface area contributed by atoms with Crippen molar-refractivity contribution in [3.63, 3.8) is 0 Å². The first-order chi connectivity index (χ1) is 8.40. The molecule has 4 saturated carbocycles. The molecule has 102 valence electrons. The van der Waals surface area contributed by atoms with Crippen LogP contribution >= 0.6 is 0 Å². The summed E-state index contributed by atoms with van der Waals surface area (Å²) in [5.74, 6) is 2.68. The van der Waals surface area contributed by atoms with E-state index in [4.69, 9.17) is 4.43 Å². The van der Waals surface area contributed by atoms with Gasteiger partial charge in [-0.25, -0.2) is 0 Å². The summed E-state index contributed by atoms with van der Waals surface area (Å²) in [4.78, 5) is 11.6. The molecule has 4 bridgehead atoms. The van der Waals surface area contributed by atoms with Gasteiger partial charge in [0.05, 0.1) is 0 Å². The fraction of sp³-hybridized carbons (Fsp3) is 0.933. The normalized spacial score (nSPS) is 44.1. The molecule has 4 aliphatic rings. The minimum absolute atomic E-state index is 0.113. The lowest BCUT2D eigenvalue weighted by atomic mass is 9.48. The topological polar surface area (TPSA) is 26.3 Å². The van der Waals surface area contributed by atoms with E-state index in [1.165, 1.54) is 38.5 Å². The fourth-order valence-electron chi connectivity index (χ4n) is 5.20. The molecule has 0 aromatic rings. The maximum Gasteiger partial charge on any atom is 0.184 e. The van der Waals surface area contributed by atoms with Crippen molar-refractivity contribution in [3.8, 4) is 0 Å². The zero-order valence-electron chi connectivity index (χ0n) is 11.9. The average molecular weight is 266 g/mol. The van der Waals surface area contributed by atoms with E-state index in [1.54, 1.807) is 0 Å². The molecule has 1 atom stereocenters. The Morgan fingerprint density at radius 1 is 1.06 bits per heavy atom. The van der Waals surface area contributed by atoms with Gasteiger partial charge in [-0.1, -0.05) is 0 Å². The van der Waals surface area contributed by atoms with E-state index >= 15 is 0 Å². The van der Waals surface area contributed by atoms with Gasteiger partial charge in [-0.3, -0.25) is 0 Å². The summed E-state index contributed by atoms with van der Waals surface area (Å²) in [6.07, 6.45) is 9.07. The quantitative estimate of drug-likeness (QED) is 0.574. The summed E-state index contributed by atoms with van der Waals surface area (Å²) < 4.78 is 6.24. The Hall–Kier alpha value is -0.153. The molecule has 0 amide bonds. The minimum Gasteiger partial charge on any atom is -0.407 e. The lowest BCUT2D eigenvalue weighted by molar-refractivity contribution is -0.138. The Labute approximate surface area is 112 Å². The van der Waals surface area contributed by atoms with Crippen LogP contribution in [0.3, 0.4) is 0 Å². The highest BCUT2D eigenvalue weighted by atomic mass is 28.4. The zero-order chi connectivity index (χ0) is 13.0. The molecule has 4 fully saturated rings. The molecule has 0 spiro atoms. The molecule has 3 heteroatoms. The van der Waals surface area contributed by atoms with Crippen LogP contribution in [0.25, 0.3) is 0 Å². The van der Waals surface area contributed by atoms with Gasteiger partial charge in [0, 0.05) is 5.41 Å². The average Bonchev–Trinajstić information content (AvgIpc) is 2.22. The number of rotatable bonds is 4. The Morgan fingerprint density at radius 2 is 1.50 bits per heavy atom. The van der Waals surface area contributed by atoms with Crippen LogP contribution in [0.4, 0.5) is 0 Å². The van der Waals surface area contributed by atoms with Crippen LogP contribution in [-0.4, -0.2) is 20.7 Å². The van der Waals surface area contributed by atoms with E-state index < -0.39 is 8.32 Å². The molecule has 0 heterocycles. The summed E-state index contributed by atoms with van der Waals surface area (Å²) in [5, 5.41) is 0. The van der Waals surface area contributed by atoms with Crippen molar-refractivity contribution in [1.82, 2.24) is 0 Å². The van der Waals surface area contributed by atoms with E-state index in [1.807, 2.05) is 0 Å². The van der Waals surface area contributed by atoms with E-state index in [9.17, 15) is 4.79 Å². The maximum absolute atomic E-state index is 11.6. The predicted molar refractivity (Wildman–Crippen MR) is 74.9 cm³/mol. The largest absolute Gasteiger partial charge is 0.407 e. The molecule has 4 aliphatic carbocycles. The molecule has 18 heavy (non-hydrogen) atoms. The molecular weight excluding hydrogens is 240 g/mol. The van der Waals surface area contributed by atoms with Gasteiger partial charge in [0.25, 0.3) is 0 Å². The monoisotopic (exact) mass is 266 g/mol. The molecular formula is C15H26O2Si. The second kappa shape index (κ2) is 4.17. The molecule has 0 aromatic heterocycles. The summed E-state index contributed by atoms with van der Waals surface area (Å²) in [6, 6.07) is 0. The van der Waals surface area contributed by atoms with Crippen molar-refractivity contribution in [2.45, 2.75) is 64.3 Å². The molecule has 2 nitrogen and oxygen atoms in total. The summed E-state index contributed by atoms with van der Waals surface area (Å²) in [5.41, 5.74) is 0.219. The van der Waals surface area contributed by atoms with Crippen LogP contribution in [0.1, 0.15) is 38.5 Å². The molecule has 4 rings (SSSR count). The van der Waals surface area contributed by atoms with Crippen molar-refractivity contribution >= 4 is 14.6 Å². The van der Waals surface area contributed by atoms with Gasteiger partial charge in [-0.05, 0) is 75.9 Å². The number of hydrogen-bond acceptors (Lipinski definition) is 2.